The third-order valence-electron chi connectivity index (χ3n) is 5.01. The van der Waals surface area contributed by atoms with E-state index in [9.17, 15) is 8.42 Å². The molecular formula is C18H27N3O3S. The maximum absolute atomic E-state index is 11.5. The fourth-order valence-corrected chi connectivity index (χ4v) is 4.52. The van der Waals surface area contributed by atoms with Crippen LogP contribution in [0.4, 0.5) is 0 Å². The number of nitrogens with one attached hydrogen (secondary N) is 1. The zero-order chi connectivity index (χ0) is 17.9. The Bertz CT molecular complexity index is 740. The number of likely N-dealkylation sites (tertiary alicyclic amines) is 1. The van der Waals surface area contributed by atoms with Gasteiger partial charge in [-0.25, -0.2) is 8.42 Å². The predicted octanol–water partition coefficient (Wildman–Crippen LogP) is 1.42. The van der Waals surface area contributed by atoms with Crippen LogP contribution in [0.25, 0.3) is 0 Å². The molecule has 0 radical (unpaired) electrons. The number of hydrogen-bond donors (Lipinski definition) is 1. The van der Waals surface area contributed by atoms with Crippen molar-refractivity contribution in [2.45, 2.75) is 25.1 Å². The molecule has 3 rings (SSSR count). The van der Waals surface area contributed by atoms with E-state index in [2.05, 4.69) is 15.2 Å². The van der Waals surface area contributed by atoms with Gasteiger partial charge in [0.25, 0.3) is 0 Å². The molecule has 2 saturated heterocycles. The third-order valence-corrected chi connectivity index (χ3v) is 5.86. The minimum Gasteiger partial charge on any atom is -0.381 e. The van der Waals surface area contributed by atoms with Crippen LogP contribution in [0.1, 0.15) is 24.0 Å². The zero-order valence-corrected chi connectivity index (χ0v) is 15.8. The molecule has 1 spiro atoms. The molecule has 0 bridgehead atoms. The Morgan fingerprint density at radius 1 is 1.36 bits per heavy atom. The molecule has 138 valence electrons. The molecule has 25 heavy (non-hydrogen) atoms. The molecule has 0 aromatic heterocycles. The normalized spacial score (nSPS) is 24.2. The first-order chi connectivity index (χ1) is 11.9. The van der Waals surface area contributed by atoms with Crippen molar-refractivity contribution in [3.05, 3.63) is 35.4 Å². The van der Waals surface area contributed by atoms with Gasteiger partial charge in [0.15, 0.2) is 15.8 Å². The SMILES string of the molecule is CN=C(NCc1cccc(CS(C)(=O)=O)c1)N1CCC2(CCOC2)C1. The summed E-state index contributed by atoms with van der Waals surface area (Å²) in [6, 6.07) is 7.70. The second-order valence-corrected chi connectivity index (χ2v) is 9.41. The van der Waals surface area contributed by atoms with Crippen LogP contribution in [0, 0.1) is 5.41 Å². The summed E-state index contributed by atoms with van der Waals surface area (Å²) in [5, 5.41) is 3.41. The van der Waals surface area contributed by atoms with Gasteiger partial charge in [-0.15, -0.1) is 0 Å². The van der Waals surface area contributed by atoms with E-state index in [1.807, 2.05) is 24.3 Å². The topological polar surface area (TPSA) is 71.0 Å². The average molecular weight is 365 g/mol. The van der Waals surface area contributed by atoms with Gasteiger partial charge in [-0.2, -0.15) is 0 Å². The summed E-state index contributed by atoms with van der Waals surface area (Å²) < 4.78 is 28.5. The van der Waals surface area contributed by atoms with Crippen LogP contribution in [-0.2, 0) is 26.9 Å². The summed E-state index contributed by atoms with van der Waals surface area (Å²) in [5.74, 6) is 0.974. The molecule has 0 saturated carbocycles. The lowest BCUT2D eigenvalue weighted by atomic mass is 9.87. The number of guanidine groups is 1. The molecule has 6 nitrogen and oxygen atoms in total. The number of rotatable bonds is 4. The van der Waals surface area contributed by atoms with Crippen LogP contribution in [0.5, 0.6) is 0 Å². The van der Waals surface area contributed by atoms with E-state index in [-0.39, 0.29) is 5.75 Å². The summed E-state index contributed by atoms with van der Waals surface area (Å²) in [6.07, 6.45) is 3.54. The first-order valence-corrected chi connectivity index (χ1v) is 10.7. The summed E-state index contributed by atoms with van der Waals surface area (Å²) in [4.78, 5) is 6.72. The number of nitrogens with zero attached hydrogens (tertiary/aromatic N) is 2. The molecule has 2 aliphatic heterocycles. The molecule has 1 aromatic rings. The van der Waals surface area contributed by atoms with Gasteiger partial charge in [-0.05, 0) is 24.0 Å². The Hall–Kier alpha value is -1.60. The van der Waals surface area contributed by atoms with E-state index in [1.54, 1.807) is 7.05 Å². The predicted molar refractivity (Wildman–Crippen MR) is 99.2 cm³/mol. The summed E-state index contributed by atoms with van der Waals surface area (Å²) in [7, 11) is -1.22. The average Bonchev–Trinajstić information content (AvgIpc) is 3.17. The molecule has 1 atom stereocenters. The molecule has 1 aromatic carbocycles. The molecule has 1 N–H and O–H groups in total. The zero-order valence-electron chi connectivity index (χ0n) is 15.0. The number of sulfone groups is 1. The van der Waals surface area contributed by atoms with Gasteiger partial charge >= 0.3 is 0 Å². The van der Waals surface area contributed by atoms with Gasteiger partial charge in [-0.1, -0.05) is 24.3 Å². The Balaban J connectivity index is 1.59. The van der Waals surface area contributed by atoms with E-state index >= 15 is 0 Å². The minimum absolute atomic E-state index is 0.0736. The van der Waals surface area contributed by atoms with Crippen LogP contribution in [-0.4, -0.2) is 58.9 Å². The van der Waals surface area contributed by atoms with Crippen LogP contribution in [0.15, 0.2) is 29.3 Å². The van der Waals surface area contributed by atoms with E-state index in [1.165, 1.54) is 6.26 Å². The molecule has 2 heterocycles. The van der Waals surface area contributed by atoms with E-state index in [0.29, 0.717) is 12.0 Å². The highest BCUT2D eigenvalue weighted by molar-refractivity contribution is 7.89. The van der Waals surface area contributed by atoms with E-state index in [4.69, 9.17) is 4.74 Å². The highest BCUT2D eigenvalue weighted by atomic mass is 32.2. The summed E-state index contributed by atoms with van der Waals surface area (Å²) in [6.45, 7) is 4.34. The summed E-state index contributed by atoms with van der Waals surface area (Å²) >= 11 is 0. The van der Waals surface area contributed by atoms with Crippen molar-refractivity contribution in [2.24, 2.45) is 10.4 Å². The fraction of sp³-hybridized carbons (Fsp3) is 0.611. The van der Waals surface area contributed by atoms with Gasteiger partial charge in [-0.3, -0.25) is 4.99 Å². The third kappa shape index (κ3) is 4.73. The Kier molecular flexibility index (Phi) is 5.34. The van der Waals surface area contributed by atoms with Gasteiger partial charge < -0.3 is 15.0 Å². The second-order valence-electron chi connectivity index (χ2n) is 7.26. The monoisotopic (exact) mass is 365 g/mol. The van der Waals surface area contributed by atoms with Crippen LogP contribution < -0.4 is 5.32 Å². The number of hydrogen-bond acceptors (Lipinski definition) is 4. The molecule has 2 fully saturated rings. The van der Waals surface area contributed by atoms with Crippen molar-refractivity contribution in [1.29, 1.82) is 0 Å². The highest BCUT2D eigenvalue weighted by Crippen LogP contribution is 2.38. The Labute approximate surface area is 150 Å². The number of benzene rings is 1. The van der Waals surface area contributed by atoms with Crippen molar-refractivity contribution < 1.29 is 13.2 Å². The van der Waals surface area contributed by atoms with E-state index < -0.39 is 9.84 Å². The van der Waals surface area contributed by atoms with Crippen molar-refractivity contribution in [1.82, 2.24) is 10.2 Å². The maximum atomic E-state index is 11.5. The van der Waals surface area contributed by atoms with Crippen molar-refractivity contribution in [3.8, 4) is 0 Å². The van der Waals surface area contributed by atoms with Crippen molar-refractivity contribution in [3.63, 3.8) is 0 Å². The molecule has 7 heteroatoms. The lowest BCUT2D eigenvalue weighted by molar-refractivity contribution is 0.156. The van der Waals surface area contributed by atoms with Crippen LogP contribution in [0.3, 0.4) is 0 Å². The largest absolute Gasteiger partial charge is 0.381 e. The second kappa shape index (κ2) is 7.33. The molecule has 0 aliphatic carbocycles. The maximum Gasteiger partial charge on any atom is 0.193 e. The standard InChI is InChI=1S/C18H27N3O3S/c1-19-17(21-8-6-18(13-21)7-9-24-14-18)20-11-15-4-3-5-16(10-15)12-25(2,22)23/h3-5,10H,6-9,11-14H2,1-2H3,(H,19,20). The Morgan fingerprint density at radius 2 is 2.16 bits per heavy atom. The first-order valence-electron chi connectivity index (χ1n) is 8.68. The highest BCUT2D eigenvalue weighted by Gasteiger charge is 2.42. The molecule has 0 amide bonds. The van der Waals surface area contributed by atoms with E-state index in [0.717, 1.165) is 56.2 Å². The molecular weight excluding hydrogens is 338 g/mol. The van der Waals surface area contributed by atoms with Crippen molar-refractivity contribution in [2.75, 3.05) is 39.6 Å². The first kappa shape index (κ1) is 18.2. The van der Waals surface area contributed by atoms with Gasteiger partial charge in [0.05, 0.1) is 12.4 Å². The summed E-state index contributed by atoms with van der Waals surface area (Å²) in [5.41, 5.74) is 2.17. The molecule has 2 aliphatic rings. The smallest absolute Gasteiger partial charge is 0.193 e. The van der Waals surface area contributed by atoms with Gasteiger partial charge in [0.2, 0.25) is 0 Å². The van der Waals surface area contributed by atoms with Crippen molar-refractivity contribution >= 4 is 15.8 Å². The Morgan fingerprint density at radius 3 is 2.84 bits per heavy atom. The molecule has 1 unspecified atom stereocenters. The fourth-order valence-electron chi connectivity index (χ4n) is 3.73. The van der Waals surface area contributed by atoms with Gasteiger partial charge in [0, 0.05) is 45.0 Å². The quantitative estimate of drug-likeness (QED) is 0.645. The van der Waals surface area contributed by atoms with Crippen LogP contribution in [0.2, 0.25) is 0 Å². The number of ether oxygens (including phenoxy) is 1. The lowest BCUT2D eigenvalue weighted by Gasteiger charge is -2.25. The van der Waals surface area contributed by atoms with Gasteiger partial charge in [0.1, 0.15) is 0 Å². The number of aliphatic imine (C=N–C) groups is 1. The minimum atomic E-state index is -3.02. The van der Waals surface area contributed by atoms with Crippen LogP contribution >= 0.6 is 0 Å². The lowest BCUT2D eigenvalue weighted by Crippen LogP contribution is -2.41.